The molecule has 0 aromatic heterocycles. The van der Waals surface area contributed by atoms with Crippen LogP contribution in [-0.4, -0.2) is 58.1 Å². The molecule has 1 fully saturated rings. The van der Waals surface area contributed by atoms with Gasteiger partial charge in [-0.3, -0.25) is 9.52 Å². The summed E-state index contributed by atoms with van der Waals surface area (Å²) in [6.07, 6.45) is 0. The number of hydrogen-bond acceptors (Lipinski definition) is 5. The highest BCUT2D eigenvalue weighted by Crippen LogP contribution is 2.26. The van der Waals surface area contributed by atoms with Crippen molar-refractivity contribution in [2.24, 2.45) is 0 Å². The molecule has 1 saturated heterocycles. The first-order chi connectivity index (χ1) is 17.0. The molecule has 0 bridgehead atoms. The Labute approximate surface area is 216 Å². The number of halogens is 1. The highest BCUT2D eigenvalue weighted by atomic mass is 35.5. The number of sulfonamides is 2. The van der Waals surface area contributed by atoms with Crippen molar-refractivity contribution in [3.05, 3.63) is 88.4 Å². The van der Waals surface area contributed by atoms with Crippen molar-refractivity contribution in [2.45, 2.75) is 23.6 Å². The van der Waals surface area contributed by atoms with Gasteiger partial charge in [0.15, 0.2) is 0 Å². The molecule has 0 radical (unpaired) electrons. The molecule has 1 amide bonds. The van der Waals surface area contributed by atoms with Crippen molar-refractivity contribution >= 4 is 43.2 Å². The maximum Gasteiger partial charge on any atom is 0.263 e. The van der Waals surface area contributed by atoms with E-state index in [2.05, 4.69) is 4.72 Å². The van der Waals surface area contributed by atoms with Crippen LogP contribution < -0.4 is 4.72 Å². The Morgan fingerprint density at radius 3 is 2.14 bits per heavy atom. The smallest absolute Gasteiger partial charge is 0.263 e. The zero-order valence-corrected chi connectivity index (χ0v) is 22.2. The van der Waals surface area contributed by atoms with Gasteiger partial charge in [0.2, 0.25) is 10.0 Å². The Balaban J connectivity index is 1.49. The number of amides is 1. The molecule has 8 nitrogen and oxygen atoms in total. The van der Waals surface area contributed by atoms with Crippen molar-refractivity contribution in [1.29, 1.82) is 0 Å². The molecule has 0 aliphatic carbocycles. The van der Waals surface area contributed by atoms with Gasteiger partial charge in [0.05, 0.1) is 9.92 Å². The van der Waals surface area contributed by atoms with Gasteiger partial charge in [-0.05, 0) is 61.9 Å². The summed E-state index contributed by atoms with van der Waals surface area (Å²) in [5, 5.41) is -0.0132. The Bertz CT molecular complexity index is 1500. The zero-order valence-electron chi connectivity index (χ0n) is 19.8. The van der Waals surface area contributed by atoms with E-state index in [1.54, 1.807) is 42.5 Å². The van der Waals surface area contributed by atoms with E-state index >= 15 is 0 Å². The van der Waals surface area contributed by atoms with Crippen LogP contribution >= 0.6 is 11.6 Å². The summed E-state index contributed by atoms with van der Waals surface area (Å²) >= 11 is 6.19. The van der Waals surface area contributed by atoms with Crippen molar-refractivity contribution < 1.29 is 21.6 Å². The molecule has 1 heterocycles. The van der Waals surface area contributed by atoms with Crippen LogP contribution in [0.2, 0.25) is 5.02 Å². The third-order valence-corrected chi connectivity index (χ3v) is 9.70. The number of carbonyl (C=O) groups excluding carboxylic acids is 1. The van der Waals surface area contributed by atoms with Gasteiger partial charge in [-0.15, -0.1) is 0 Å². The summed E-state index contributed by atoms with van der Waals surface area (Å²) in [7, 11) is -7.72. The van der Waals surface area contributed by atoms with E-state index in [-0.39, 0.29) is 46.6 Å². The van der Waals surface area contributed by atoms with Gasteiger partial charge in [-0.25, -0.2) is 16.8 Å². The fourth-order valence-corrected chi connectivity index (χ4v) is 6.93. The second kappa shape index (κ2) is 10.2. The monoisotopic (exact) mass is 547 g/mol. The van der Waals surface area contributed by atoms with Crippen LogP contribution in [0.5, 0.6) is 0 Å². The molecule has 36 heavy (non-hydrogen) atoms. The topological polar surface area (TPSA) is 104 Å². The lowest BCUT2D eigenvalue weighted by Crippen LogP contribution is -2.50. The lowest BCUT2D eigenvalue weighted by Gasteiger charge is -2.34. The van der Waals surface area contributed by atoms with Gasteiger partial charge in [-0.1, -0.05) is 41.4 Å². The predicted octanol–water partition coefficient (Wildman–Crippen LogP) is 3.90. The van der Waals surface area contributed by atoms with Crippen LogP contribution in [0.4, 0.5) is 5.69 Å². The number of anilines is 1. The van der Waals surface area contributed by atoms with E-state index in [9.17, 15) is 21.6 Å². The first kappa shape index (κ1) is 26.2. The minimum Gasteiger partial charge on any atom is -0.336 e. The number of nitrogens with zero attached hydrogens (tertiary/aromatic N) is 2. The molecule has 0 saturated carbocycles. The molecule has 0 unspecified atom stereocenters. The second-order valence-electron chi connectivity index (χ2n) is 8.63. The van der Waals surface area contributed by atoms with Gasteiger partial charge in [0.1, 0.15) is 4.90 Å². The average molecular weight is 548 g/mol. The number of hydrogen-bond donors (Lipinski definition) is 1. The normalized spacial score (nSPS) is 15.0. The molecule has 190 valence electrons. The number of benzene rings is 3. The van der Waals surface area contributed by atoms with Crippen LogP contribution in [0.15, 0.2) is 76.5 Å². The fraction of sp³-hybridized carbons (Fsp3) is 0.240. The molecule has 3 aromatic rings. The molecular weight excluding hydrogens is 522 g/mol. The minimum absolute atomic E-state index is 0.0132. The summed E-state index contributed by atoms with van der Waals surface area (Å²) < 4.78 is 55.7. The molecule has 11 heteroatoms. The standard InChI is InChI=1S/C25H26ClN3O5S2/c1-18-6-9-22(10-7-18)36(33,34)29-14-12-28(13-15-29)25(30)20-8-11-23(26)24(17-20)35(31,32)27-21-5-3-4-19(2)16-21/h3-11,16-17,27H,12-15H2,1-2H3. The Morgan fingerprint density at radius 1 is 0.833 bits per heavy atom. The zero-order chi connectivity index (χ0) is 26.1. The first-order valence-electron chi connectivity index (χ1n) is 11.2. The summed E-state index contributed by atoms with van der Waals surface area (Å²) in [5.74, 6) is -0.397. The van der Waals surface area contributed by atoms with E-state index in [4.69, 9.17) is 11.6 Å². The summed E-state index contributed by atoms with van der Waals surface area (Å²) in [6, 6.07) is 17.6. The van der Waals surface area contributed by atoms with Crippen LogP contribution in [-0.2, 0) is 20.0 Å². The van der Waals surface area contributed by atoms with E-state index in [1.807, 2.05) is 19.9 Å². The Morgan fingerprint density at radius 2 is 1.50 bits per heavy atom. The SMILES string of the molecule is Cc1ccc(S(=O)(=O)N2CCN(C(=O)c3ccc(Cl)c(S(=O)(=O)Nc4cccc(C)c4)c3)CC2)cc1. The lowest BCUT2D eigenvalue weighted by atomic mass is 10.2. The molecule has 0 atom stereocenters. The van der Waals surface area contributed by atoms with Crippen molar-refractivity contribution in [2.75, 3.05) is 30.9 Å². The largest absolute Gasteiger partial charge is 0.336 e. The average Bonchev–Trinajstić information content (AvgIpc) is 2.84. The van der Waals surface area contributed by atoms with Crippen LogP contribution in [0.1, 0.15) is 21.5 Å². The van der Waals surface area contributed by atoms with Crippen LogP contribution in [0, 0.1) is 13.8 Å². The third kappa shape index (κ3) is 5.57. The van der Waals surface area contributed by atoms with Crippen molar-refractivity contribution in [3.8, 4) is 0 Å². The molecule has 1 aliphatic heterocycles. The predicted molar refractivity (Wildman–Crippen MR) is 139 cm³/mol. The number of carbonyl (C=O) groups is 1. The highest BCUT2D eigenvalue weighted by Gasteiger charge is 2.31. The molecule has 0 spiro atoms. The lowest BCUT2D eigenvalue weighted by molar-refractivity contribution is 0.0697. The molecule has 1 aliphatic rings. The highest BCUT2D eigenvalue weighted by molar-refractivity contribution is 7.92. The van der Waals surface area contributed by atoms with E-state index in [0.29, 0.717) is 5.69 Å². The molecule has 4 rings (SSSR count). The number of rotatable bonds is 6. The van der Waals surface area contributed by atoms with Gasteiger partial charge in [-0.2, -0.15) is 4.31 Å². The van der Waals surface area contributed by atoms with Gasteiger partial charge < -0.3 is 4.90 Å². The molecule has 3 aromatic carbocycles. The maximum atomic E-state index is 13.2. The quantitative estimate of drug-likeness (QED) is 0.504. The summed E-state index contributed by atoms with van der Waals surface area (Å²) in [5.41, 5.74) is 2.38. The van der Waals surface area contributed by atoms with Gasteiger partial charge >= 0.3 is 0 Å². The minimum atomic E-state index is -4.05. The maximum absolute atomic E-state index is 13.2. The fourth-order valence-electron chi connectivity index (χ4n) is 3.93. The van der Waals surface area contributed by atoms with E-state index in [1.165, 1.54) is 27.4 Å². The first-order valence-corrected chi connectivity index (χ1v) is 14.5. The molecule has 1 N–H and O–H groups in total. The summed E-state index contributed by atoms with van der Waals surface area (Å²) in [4.78, 5) is 14.7. The number of piperazine rings is 1. The number of nitrogens with one attached hydrogen (secondary N) is 1. The molecular formula is C25H26ClN3O5S2. The van der Waals surface area contributed by atoms with Crippen molar-refractivity contribution in [1.82, 2.24) is 9.21 Å². The summed E-state index contributed by atoms with van der Waals surface area (Å²) in [6.45, 7) is 4.35. The van der Waals surface area contributed by atoms with Gasteiger partial charge in [0.25, 0.3) is 15.9 Å². The van der Waals surface area contributed by atoms with E-state index in [0.717, 1.165) is 11.1 Å². The van der Waals surface area contributed by atoms with Gasteiger partial charge in [0, 0.05) is 37.4 Å². The Hall–Kier alpha value is -2.92. The van der Waals surface area contributed by atoms with Crippen LogP contribution in [0.25, 0.3) is 0 Å². The third-order valence-electron chi connectivity index (χ3n) is 5.92. The van der Waals surface area contributed by atoms with Crippen LogP contribution in [0.3, 0.4) is 0 Å². The number of aryl methyl sites for hydroxylation is 2. The van der Waals surface area contributed by atoms with Crippen molar-refractivity contribution in [3.63, 3.8) is 0 Å². The van der Waals surface area contributed by atoms with E-state index < -0.39 is 26.0 Å². The second-order valence-corrected chi connectivity index (χ2v) is 12.6. The Kier molecular flexibility index (Phi) is 7.42.